The maximum Gasteiger partial charge on any atom is 0.244 e. The van der Waals surface area contributed by atoms with Crippen molar-refractivity contribution >= 4 is 11.6 Å². The molecule has 0 unspecified atom stereocenters. The normalized spacial score (nSPS) is 10.3. The van der Waals surface area contributed by atoms with E-state index in [1.807, 2.05) is 31.2 Å². The Morgan fingerprint density at radius 3 is 2.89 bits per heavy atom. The predicted molar refractivity (Wildman–Crippen MR) is 68.0 cm³/mol. The fraction of sp³-hybridized carbons (Fsp3) is 0.231. The van der Waals surface area contributed by atoms with Gasteiger partial charge in [-0.1, -0.05) is 18.2 Å². The van der Waals surface area contributed by atoms with Gasteiger partial charge in [0.2, 0.25) is 5.91 Å². The molecule has 1 aromatic carbocycles. The van der Waals surface area contributed by atoms with Crippen LogP contribution in [0.5, 0.6) is 0 Å². The number of carbonyl (C=O) groups excluding carboxylic acids is 1. The van der Waals surface area contributed by atoms with Crippen molar-refractivity contribution in [3.63, 3.8) is 0 Å². The molecule has 0 aliphatic rings. The van der Waals surface area contributed by atoms with Gasteiger partial charge in [-0.15, -0.1) is 0 Å². The summed E-state index contributed by atoms with van der Waals surface area (Å²) in [6.45, 7) is 2.00. The lowest BCUT2D eigenvalue weighted by molar-refractivity contribution is -0.116. The second kappa shape index (κ2) is 5.46. The summed E-state index contributed by atoms with van der Waals surface area (Å²) in [6, 6.07) is 7.61. The number of benzene rings is 1. The summed E-state index contributed by atoms with van der Waals surface area (Å²) in [5.74, 6) is -0.119. The quantitative estimate of drug-likeness (QED) is 0.853. The first-order chi connectivity index (χ1) is 8.69. The second-order valence-corrected chi connectivity index (χ2v) is 4.06. The minimum Gasteiger partial charge on any atom is -0.390 e. The van der Waals surface area contributed by atoms with Crippen LogP contribution in [0.4, 0.5) is 5.69 Å². The van der Waals surface area contributed by atoms with Gasteiger partial charge in [0.15, 0.2) is 0 Å². The van der Waals surface area contributed by atoms with Crippen LogP contribution in [0.25, 0.3) is 0 Å². The molecule has 0 bridgehead atoms. The van der Waals surface area contributed by atoms with E-state index in [4.69, 9.17) is 5.11 Å². The third kappa shape index (κ3) is 2.95. The molecule has 1 amide bonds. The molecule has 1 aromatic heterocycles. The molecule has 0 atom stereocenters. The standard InChI is InChI=1S/C13H15N3O2/c1-10-4-2-3-5-12(10)15-13(18)7-16-6-11(8-17)14-9-16/h2-6,9,17H,7-8H2,1H3,(H,15,18). The predicted octanol–water partition coefficient (Wildman–Crippen LogP) is 1.32. The lowest BCUT2D eigenvalue weighted by Crippen LogP contribution is -2.18. The van der Waals surface area contributed by atoms with Gasteiger partial charge in [0, 0.05) is 11.9 Å². The number of aliphatic hydroxyl groups excluding tert-OH is 1. The van der Waals surface area contributed by atoms with Crippen LogP contribution in [0.1, 0.15) is 11.3 Å². The Labute approximate surface area is 105 Å². The highest BCUT2D eigenvalue weighted by molar-refractivity contribution is 5.91. The third-order valence-corrected chi connectivity index (χ3v) is 2.59. The zero-order valence-electron chi connectivity index (χ0n) is 10.1. The maximum atomic E-state index is 11.8. The summed E-state index contributed by atoms with van der Waals surface area (Å²) in [5.41, 5.74) is 2.39. The van der Waals surface area contributed by atoms with Gasteiger partial charge in [-0.25, -0.2) is 4.98 Å². The van der Waals surface area contributed by atoms with E-state index in [-0.39, 0.29) is 19.1 Å². The van der Waals surface area contributed by atoms with Crippen molar-refractivity contribution in [3.05, 3.63) is 48.0 Å². The molecule has 94 valence electrons. The molecule has 18 heavy (non-hydrogen) atoms. The zero-order chi connectivity index (χ0) is 13.0. The van der Waals surface area contributed by atoms with Crippen LogP contribution >= 0.6 is 0 Å². The Hall–Kier alpha value is -2.14. The van der Waals surface area contributed by atoms with Crippen molar-refractivity contribution in [2.24, 2.45) is 0 Å². The number of aliphatic hydroxyl groups is 1. The first-order valence-electron chi connectivity index (χ1n) is 5.66. The number of aromatic nitrogens is 2. The number of nitrogens with one attached hydrogen (secondary N) is 1. The lowest BCUT2D eigenvalue weighted by Gasteiger charge is -2.08. The van der Waals surface area contributed by atoms with Crippen molar-refractivity contribution in [1.82, 2.24) is 9.55 Å². The maximum absolute atomic E-state index is 11.8. The number of anilines is 1. The first kappa shape index (κ1) is 12.3. The number of aryl methyl sites for hydroxylation is 1. The highest BCUT2D eigenvalue weighted by Gasteiger charge is 2.06. The smallest absolute Gasteiger partial charge is 0.244 e. The number of para-hydroxylation sites is 1. The summed E-state index contributed by atoms with van der Waals surface area (Å²) in [4.78, 5) is 15.8. The average Bonchev–Trinajstić information content (AvgIpc) is 2.80. The molecule has 1 heterocycles. The van der Waals surface area contributed by atoms with Crippen LogP contribution in [0.3, 0.4) is 0 Å². The van der Waals surface area contributed by atoms with Crippen molar-refractivity contribution in [1.29, 1.82) is 0 Å². The minimum absolute atomic E-state index is 0.119. The number of hydrogen-bond acceptors (Lipinski definition) is 3. The van der Waals surface area contributed by atoms with Gasteiger partial charge in [0.25, 0.3) is 0 Å². The van der Waals surface area contributed by atoms with Crippen molar-refractivity contribution in [2.75, 3.05) is 5.32 Å². The number of nitrogens with zero attached hydrogens (tertiary/aromatic N) is 2. The Morgan fingerprint density at radius 1 is 1.44 bits per heavy atom. The van der Waals surface area contributed by atoms with E-state index >= 15 is 0 Å². The van der Waals surface area contributed by atoms with E-state index in [2.05, 4.69) is 10.3 Å². The van der Waals surface area contributed by atoms with Gasteiger partial charge in [0.1, 0.15) is 6.54 Å². The van der Waals surface area contributed by atoms with Crippen LogP contribution < -0.4 is 5.32 Å². The van der Waals surface area contributed by atoms with Gasteiger partial charge in [-0.2, -0.15) is 0 Å². The fourth-order valence-corrected chi connectivity index (χ4v) is 1.64. The largest absolute Gasteiger partial charge is 0.390 e. The molecule has 2 rings (SSSR count). The summed E-state index contributed by atoms with van der Waals surface area (Å²) in [5, 5.41) is 11.7. The first-order valence-corrected chi connectivity index (χ1v) is 5.66. The van der Waals surface area contributed by atoms with Crippen LogP contribution in [-0.4, -0.2) is 20.6 Å². The van der Waals surface area contributed by atoms with Crippen molar-refractivity contribution in [3.8, 4) is 0 Å². The van der Waals surface area contributed by atoms with Crippen LogP contribution in [0.15, 0.2) is 36.8 Å². The summed E-state index contributed by atoms with van der Waals surface area (Å²) >= 11 is 0. The Morgan fingerprint density at radius 2 is 2.22 bits per heavy atom. The highest BCUT2D eigenvalue weighted by Crippen LogP contribution is 2.13. The molecule has 0 fully saturated rings. The lowest BCUT2D eigenvalue weighted by atomic mass is 10.2. The van der Waals surface area contributed by atoms with Crippen LogP contribution in [-0.2, 0) is 17.9 Å². The molecule has 0 aliphatic carbocycles. The molecule has 0 radical (unpaired) electrons. The van der Waals surface area contributed by atoms with E-state index in [9.17, 15) is 4.79 Å². The number of imidazole rings is 1. The van der Waals surface area contributed by atoms with Gasteiger partial charge in [-0.05, 0) is 18.6 Å². The fourth-order valence-electron chi connectivity index (χ4n) is 1.64. The van der Waals surface area contributed by atoms with E-state index in [1.165, 1.54) is 6.33 Å². The Kier molecular flexibility index (Phi) is 3.74. The van der Waals surface area contributed by atoms with Gasteiger partial charge in [-0.3, -0.25) is 4.79 Å². The van der Waals surface area contributed by atoms with E-state index in [0.717, 1.165) is 11.3 Å². The van der Waals surface area contributed by atoms with Crippen LogP contribution in [0, 0.1) is 6.92 Å². The zero-order valence-corrected chi connectivity index (χ0v) is 10.1. The number of hydrogen-bond donors (Lipinski definition) is 2. The number of carbonyl (C=O) groups is 1. The molecule has 2 N–H and O–H groups in total. The highest BCUT2D eigenvalue weighted by atomic mass is 16.3. The second-order valence-electron chi connectivity index (χ2n) is 4.06. The SMILES string of the molecule is Cc1ccccc1NC(=O)Cn1cnc(CO)c1. The van der Waals surface area contributed by atoms with E-state index in [0.29, 0.717) is 5.69 Å². The number of amides is 1. The molecule has 2 aromatic rings. The number of rotatable bonds is 4. The molecule has 0 spiro atoms. The van der Waals surface area contributed by atoms with Crippen molar-refractivity contribution in [2.45, 2.75) is 20.1 Å². The van der Waals surface area contributed by atoms with E-state index < -0.39 is 0 Å². The molecule has 0 saturated carbocycles. The van der Waals surface area contributed by atoms with Gasteiger partial charge >= 0.3 is 0 Å². The van der Waals surface area contributed by atoms with Crippen molar-refractivity contribution < 1.29 is 9.90 Å². The summed E-state index contributed by atoms with van der Waals surface area (Å²) in [7, 11) is 0. The topological polar surface area (TPSA) is 67.2 Å². The Bertz CT molecular complexity index is 549. The molecule has 5 heteroatoms. The average molecular weight is 245 g/mol. The van der Waals surface area contributed by atoms with E-state index in [1.54, 1.807) is 10.8 Å². The molecule has 0 saturated heterocycles. The molecular weight excluding hydrogens is 230 g/mol. The molecule has 5 nitrogen and oxygen atoms in total. The Balaban J connectivity index is 1.99. The van der Waals surface area contributed by atoms with Gasteiger partial charge in [0.05, 0.1) is 18.6 Å². The summed E-state index contributed by atoms with van der Waals surface area (Å²) < 4.78 is 1.64. The minimum atomic E-state index is -0.119. The third-order valence-electron chi connectivity index (χ3n) is 2.59. The summed E-state index contributed by atoms with van der Waals surface area (Å²) in [6.07, 6.45) is 3.18. The monoisotopic (exact) mass is 245 g/mol. The van der Waals surface area contributed by atoms with Gasteiger partial charge < -0.3 is 15.0 Å². The van der Waals surface area contributed by atoms with Crippen LogP contribution in [0.2, 0.25) is 0 Å². The molecule has 0 aliphatic heterocycles. The molecular formula is C13H15N3O2.